The summed E-state index contributed by atoms with van der Waals surface area (Å²) in [5, 5.41) is 6.84. The zero-order valence-electron chi connectivity index (χ0n) is 14.0. The number of aryl methyl sites for hydroxylation is 1. The number of anilines is 1. The third-order valence-corrected chi connectivity index (χ3v) is 4.27. The molecule has 122 valence electrons. The number of nitrogens with zero attached hydrogens (tertiary/aromatic N) is 3. The van der Waals surface area contributed by atoms with Crippen LogP contribution in [0.5, 0.6) is 0 Å². The molecular formula is C17H22N4O2. The minimum Gasteiger partial charge on any atom is -0.360 e. The molecule has 0 fully saturated rings. The van der Waals surface area contributed by atoms with Crippen molar-refractivity contribution in [2.45, 2.75) is 52.9 Å². The van der Waals surface area contributed by atoms with E-state index in [1.807, 2.05) is 13.8 Å². The first-order chi connectivity index (χ1) is 10.9. The normalized spacial score (nSPS) is 16.2. The van der Waals surface area contributed by atoms with E-state index in [0.717, 1.165) is 36.3 Å². The Kier molecular flexibility index (Phi) is 3.92. The number of carbonyl (C=O) groups is 1. The first-order valence-corrected chi connectivity index (χ1v) is 7.97. The number of hydrogen-bond acceptors (Lipinski definition) is 5. The Morgan fingerprint density at radius 3 is 2.78 bits per heavy atom. The van der Waals surface area contributed by atoms with Gasteiger partial charge in [-0.05, 0) is 24.2 Å². The van der Waals surface area contributed by atoms with Crippen LogP contribution in [-0.2, 0) is 12.8 Å². The second-order valence-electron chi connectivity index (χ2n) is 7.17. The van der Waals surface area contributed by atoms with Crippen LogP contribution < -0.4 is 5.32 Å². The lowest BCUT2D eigenvalue weighted by molar-refractivity contribution is 0.101. The van der Waals surface area contributed by atoms with Crippen molar-refractivity contribution in [1.29, 1.82) is 0 Å². The van der Waals surface area contributed by atoms with Crippen molar-refractivity contribution in [3.05, 3.63) is 35.1 Å². The zero-order valence-corrected chi connectivity index (χ0v) is 14.0. The molecule has 2 heterocycles. The van der Waals surface area contributed by atoms with E-state index in [2.05, 4.69) is 34.3 Å². The van der Waals surface area contributed by atoms with E-state index in [1.165, 1.54) is 0 Å². The molecule has 0 spiro atoms. The van der Waals surface area contributed by atoms with Crippen molar-refractivity contribution in [1.82, 2.24) is 15.1 Å². The summed E-state index contributed by atoms with van der Waals surface area (Å²) in [6.45, 7) is 8.43. The lowest BCUT2D eigenvalue weighted by Gasteiger charge is -2.28. The van der Waals surface area contributed by atoms with Crippen molar-refractivity contribution in [2.24, 2.45) is 5.41 Å². The minimum atomic E-state index is -0.282. The van der Waals surface area contributed by atoms with Crippen LogP contribution in [0.4, 0.5) is 5.82 Å². The van der Waals surface area contributed by atoms with Crippen molar-refractivity contribution in [3.8, 4) is 0 Å². The molecule has 6 nitrogen and oxygen atoms in total. The average Bonchev–Trinajstić information content (AvgIpc) is 2.89. The van der Waals surface area contributed by atoms with Crippen molar-refractivity contribution in [2.75, 3.05) is 5.32 Å². The molecule has 1 amide bonds. The molecule has 0 unspecified atom stereocenters. The Hall–Kier alpha value is -2.24. The maximum Gasteiger partial charge on any atom is 0.279 e. The molecular weight excluding hydrogens is 292 g/mol. The van der Waals surface area contributed by atoms with Gasteiger partial charge in [-0.15, -0.1) is 0 Å². The third kappa shape index (κ3) is 3.11. The van der Waals surface area contributed by atoms with Gasteiger partial charge in [0.15, 0.2) is 11.5 Å². The van der Waals surface area contributed by atoms with Gasteiger partial charge in [-0.3, -0.25) is 9.78 Å². The monoisotopic (exact) mass is 314 g/mol. The van der Waals surface area contributed by atoms with E-state index in [9.17, 15) is 4.79 Å². The van der Waals surface area contributed by atoms with Gasteiger partial charge in [0.2, 0.25) is 0 Å². The molecule has 0 saturated carbocycles. The second kappa shape index (κ2) is 5.76. The second-order valence-corrected chi connectivity index (χ2v) is 7.17. The van der Waals surface area contributed by atoms with Crippen LogP contribution in [0.2, 0.25) is 0 Å². The van der Waals surface area contributed by atoms with Crippen LogP contribution in [0.25, 0.3) is 0 Å². The molecule has 23 heavy (non-hydrogen) atoms. The smallest absolute Gasteiger partial charge is 0.279 e. The number of fused-ring (bicyclic) bond motifs is 1. The van der Waals surface area contributed by atoms with Crippen molar-refractivity contribution >= 4 is 11.7 Å². The van der Waals surface area contributed by atoms with Gasteiger partial charge >= 0.3 is 0 Å². The summed E-state index contributed by atoms with van der Waals surface area (Å²) in [6.07, 6.45) is 5.86. The quantitative estimate of drug-likeness (QED) is 0.939. The van der Waals surface area contributed by atoms with Crippen molar-refractivity contribution in [3.63, 3.8) is 0 Å². The highest BCUT2D eigenvalue weighted by Crippen LogP contribution is 2.36. The molecule has 0 saturated heterocycles. The van der Waals surface area contributed by atoms with E-state index >= 15 is 0 Å². The molecule has 0 radical (unpaired) electrons. The molecule has 0 atom stereocenters. The maximum absolute atomic E-state index is 12.6. The minimum absolute atomic E-state index is 0.156. The number of amides is 1. The van der Waals surface area contributed by atoms with E-state index in [4.69, 9.17) is 4.52 Å². The van der Waals surface area contributed by atoms with E-state index < -0.39 is 0 Å². The van der Waals surface area contributed by atoms with Crippen LogP contribution in [-0.4, -0.2) is 21.0 Å². The van der Waals surface area contributed by atoms with Gasteiger partial charge in [0, 0.05) is 24.4 Å². The van der Waals surface area contributed by atoms with Gasteiger partial charge in [-0.1, -0.05) is 32.9 Å². The van der Waals surface area contributed by atoms with Crippen LogP contribution in [0.1, 0.15) is 67.5 Å². The first-order valence-electron chi connectivity index (χ1n) is 7.97. The molecule has 1 aliphatic carbocycles. The fourth-order valence-corrected chi connectivity index (χ4v) is 2.95. The zero-order chi connectivity index (χ0) is 16.6. The molecule has 1 N–H and O–H groups in total. The van der Waals surface area contributed by atoms with Crippen LogP contribution >= 0.6 is 0 Å². The van der Waals surface area contributed by atoms with Crippen LogP contribution in [0, 0.1) is 5.41 Å². The molecule has 0 bridgehead atoms. The molecule has 3 rings (SSSR count). The number of aromatic nitrogens is 3. The predicted molar refractivity (Wildman–Crippen MR) is 86.4 cm³/mol. The highest BCUT2D eigenvalue weighted by molar-refractivity contribution is 6.03. The Labute approximate surface area is 135 Å². The Morgan fingerprint density at radius 2 is 2.04 bits per heavy atom. The topological polar surface area (TPSA) is 80.9 Å². The number of carbonyl (C=O) groups excluding carboxylic acids is 1. The summed E-state index contributed by atoms with van der Waals surface area (Å²) in [6, 6.07) is 0. The maximum atomic E-state index is 12.6. The molecule has 0 aromatic carbocycles. The molecule has 1 aliphatic rings. The lowest BCUT2D eigenvalue weighted by Crippen LogP contribution is -2.24. The molecule has 2 aromatic heterocycles. The van der Waals surface area contributed by atoms with Crippen LogP contribution in [0.15, 0.2) is 16.9 Å². The summed E-state index contributed by atoms with van der Waals surface area (Å²) in [5.41, 5.74) is 2.21. The standard InChI is InChI=1S/C17H22N4O2/c1-10(2)13-15(19-8-7-18-13)20-16(22)14-11-9-17(3,4)6-5-12(11)23-21-14/h7-8,10H,5-6,9H2,1-4H3,(H,19,20,22). The molecule has 0 aliphatic heterocycles. The van der Waals surface area contributed by atoms with Gasteiger partial charge in [0.25, 0.3) is 5.91 Å². The van der Waals surface area contributed by atoms with Crippen LogP contribution in [0.3, 0.4) is 0 Å². The summed E-state index contributed by atoms with van der Waals surface area (Å²) >= 11 is 0. The number of nitrogens with one attached hydrogen (secondary N) is 1. The average molecular weight is 314 g/mol. The number of hydrogen-bond donors (Lipinski definition) is 1. The Balaban J connectivity index is 1.87. The molecule has 6 heteroatoms. The highest BCUT2D eigenvalue weighted by atomic mass is 16.5. The largest absolute Gasteiger partial charge is 0.360 e. The van der Waals surface area contributed by atoms with Gasteiger partial charge < -0.3 is 9.84 Å². The van der Waals surface area contributed by atoms with Crippen molar-refractivity contribution < 1.29 is 9.32 Å². The summed E-state index contributed by atoms with van der Waals surface area (Å²) in [5.74, 6) is 1.20. The van der Waals surface area contributed by atoms with E-state index in [-0.39, 0.29) is 17.2 Å². The van der Waals surface area contributed by atoms with E-state index in [1.54, 1.807) is 12.4 Å². The Morgan fingerprint density at radius 1 is 1.30 bits per heavy atom. The summed E-state index contributed by atoms with van der Waals surface area (Å²) in [4.78, 5) is 21.2. The van der Waals surface area contributed by atoms with Gasteiger partial charge in [-0.2, -0.15) is 0 Å². The Bertz CT molecular complexity index is 734. The highest BCUT2D eigenvalue weighted by Gasteiger charge is 2.33. The predicted octanol–water partition coefficient (Wildman–Crippen LogP) is 3.36. The summed E-state index contributed by atoms with van der Waals surface area (Å²) in [7, 11) is 0. The third-order valence-electron chi connectivity index (χ3n) is 4.27. The van der Waals surface area contributed by atoms with Gasteiger partial charge in [-0.25, -0.2) is 4.98 Å². The fourth-order valence-electron chi connectivity index (χ4n) is 2.95. The summed E-state index contributed by atoms with van der Waals surface area (Å²) < 4.78 is 5.37. The van der Waals surface area contributed by atoms with Gasteiger partial charge in [0.1, 0.15) is 5.76 Å². The SMILES string of the molecule is CC(C)c1nccnc1NC(=O)c1noc2c1CC(C)(C)CC2. The lowest BCUT2D eigenvalue weighted by atomic mass is 9.76. The number of rotatable bonds is 3. The van der Waals surface area contributed by atoms with Gasteiger partial charge in [0.05, 0.1) is 5.69 Å². The first kappa shape index (κ1) is 15.6. The fraction of sp³-hybridized carbons (Fsp3) is 0.529. The van der Waals surface area contributed by atoms with E-state index in [0.29, 0.717) is 11.5 Å². The molecule has 2 aromatic rings.